The van der Waals surface area contributed by atoms with E-state index >= 15 is 0 Å². The zero-order valence-electron chi connectivity index (χ0n) is 14.4. The molecule has 0 saturated heterocycles. The lowest BCUT2D eigenvalue weighted by Crippen LogP contribution is -2.13. The van der Waals surface area contributed by atoms with Crippen molar-refractivity contribution in [3.63, 3.8) is 0 Å². The lowest BCUT2D eigenvalue weighted by Gasteiger charge is -2.08. The Morgan fingerprint density at radius 1 is 1.19 bits per heavy atom. The van der Waals surface area contributed by atoms with Crippen molar-refractivity contribution in [1.29, 1.82) is 0 Å². The summed E-state index contributed by atoms with van der Waals surface area (Å²) >= 11 is 2.65. The van der Waals surface area contributed by atoms with Crippen molar-refractivity contribution >= 4 is 39.7 Å². The number of thioether (sulfide) groups is 1. The minimum atomic E-state index is -0.351. The normalized spacial score (nSPS) is 12.0. The van der Waals surface area contributed by atoms with E-state index < -0.39 is 0 Å². The molecule has 0 aliphatic carbocycles. The summed E-state index contributed by atoms with van der Waals surface area (Å²) in [5.74, 6) is -0.299. The number of nitrogens with zero attached hydrogens (tertiary/aromatic N) is 2. The molecule has 1 heterocycles. The van der Waals surface area contributed by atoms with Crippen molar-refractivity contribution < 1.29 is 9.18 Å². The molecule has 1 atom stereocenters. The summed E-state index contributed by atoms with van der Waals surface area (Å²) in [6.45, 7) is 3.93. The molecule has 26 heavy (non-hydrogen) atoms. The molecule has 0 radical (unpaired) electrons. The summed E-state index contributed by atoms with van der Waals surface area (Å²) in [5.41, 5.74) is 2.24. The van der Waals surface area contributed by atoms with E-state index in [1.807, 2.05) is 31.2 Å². The van der Waals surface area contributed by atoms with Crippen LogP contribution < -0.4 is 5.32 Å². The number of ketones is 1. The van der Waals surface area contributed by atoms with Gasteiger partial charge in [-0.1, -0.05) is 66.4 Å². The number of aryl methyl sites for hydroxylation is 1. The molecule has 4 nitrogen and oxygen atoms in total. The van der Waals surface area contributed by atoms with Crippen molar-refractivity contribution in [2.24, 2.45) is 0 Å². The fraction of sp³-hybridized carbons (Fsp3) is 0.211. The predicted molar refractivity (Wildman–Crippen MR) is 105 cm³/mol. The highest BCUT2D eigenvalue weighted by atomic mass is 32.2. The Balaban J connectivity index is 1.64. The minimum absolute atomic E-state index is 0.0523. The molecule has 7 heteroatoms. The lowest BCUT2D eigenvalue weighted by atomic mass is 10.1. The first-order chi connectivity index (χ1) is 12.6. The lowest BCUT2D eigenvalue weighted by molar-refractivity contribution is 0.0994. The van der Waals surface area contributed by atoms with Gasteiger partial charge in [0, 0.05) is 5.56 Å². The van der Waals surface area contributed by atoms with Crippen molar-refractivity contribution in [1.82, 2.24) is 10.2 Å². The summed E-state index contributed by atoms with van der Waals surface area (Å²) in [6, 6.07) is 14.1. The molecule has 0 fully saturated rings. The van der Waals surface area contributed by atoms with Gasteiger partial charge in [0.05, 0.1) is 10.9 Å². The quantitative estimate of drug-likeness (QED) is 0.438. The van der Waals surface area contributed by atoms with Crippen LogP contribution in [0.3, 0.4) is 0 Å². The number of para-hydroxylation sites is 1. The van der Waals surface area contributed by atoms with E-state index in [1.165, 1.54) is 34.7 Å². The summed E-state index contributed by atoms with van der Waals surface area (Å²) in [5, 5.41) is 11.2. The number of halogens is 1. The van der Waals surface area contributed by atoms with E-state index in [0.717, 1.165) is 6.42 Å². The second kappa shape index (κ2) is 8.42. The number of hydrogen-bond donors (Lipinski definition) is 1. The first-order valence-electron chi connectivity index (χ1n) is 8.21. The molecule has 1 aromatic heterocycles. The molecule has 3 rings (SSSR count). The molecule has 3 aromatic rings. The van der Waals surface area contributed by atoms with Crippen molar-refractivity contribution in [3.8, 4) is 0 Å². The molecule has 134 valence electrons. The average Bonchev–Trinajstić information content (AvgIpc) is 3.10. The van der Waals surface area contributed by atoms with Crippen LogP contribution in [0.5, 0.6) is 0 Å². The molecule has 0 aliphatic heterocycles. The fourth-order valence-corrected chi connectivity index (χ4v) is 4.32. The first kappa shape index (κ1) is 18.5. The number of anilines is 2. The van der Waals surface area contributed by atoms with Gasteiger partial charge in [0.15, 0.2) is 10.1 Å². The zero-order chi connectivity index (χ0) is 18.5. The number of rotatable bonds is 7. The predicted octanol–water partition coefficient (Wildman–Crippen LogP) is 5.35. The van der Waals surface area contributed by atoms with Gasteiger partial charge >= 0.3 is 0 Å². The maximum absolute atomic E-state index is 13.7. The van der Waals surface area contributed by atoms with E-state index in [-0.39, 0.29) is 16.9 Å². The zero-order valence-corrected chi connectivity index (χ0v) is 16.0. The summed E-state index contributed by atoms with van der Waals surface area (Å²) in [6.07, 6.45) is 0.946. The van der Waals surface area contributed by atoms with Gasteiger partial charge in [-0.25, -0.2) is 4.39 Å². The Kier molecular flexibility index (Phi) is 6.00. The largest absolute Gasteiger partial charge is 0.328 e. The van der Waals surface area contributed by atoms with E-state index in [2.05, 4.69) is 22.4 Å². The molecule has 1 N–H and O–H groups in total. The van der Waals surface area contributed by atoms with Crippen molar-refractivity contribution in [3.05, 3.63) is 65.5 Å². The van der Waals surface area contributed by atoms with Gasteiger partial charge in [-0.3, -0.25) is 4.79 Å². The van der Waals surface area contributed by atoms with E-state index in [9.17, 15) is 9.18 Å². The van der Waals surface area contributed by atoms with Crippen LogP contribution in [-0.2, 0) is 6.42 Å². The summed E-state index contributed by atoms with van der Waals surface area (Å²) < 4.78 is 14.3. The Morgan fingerprint density at radius 3 is 2.62 bits per heavy atom. The fourth-order valence-electron chi connectivity index (χ4n) is 2.33. The van der Waals surface area contributed by atoms with Gasteiger partial charge < -0.3 is 5.32 Å². The number of benzene rings is 2. The van der Waals surface area contributed by atoms with Gasteiger partial charge in [-0.05, 0) is 31.0 Å². The van der Waals surface area contributed by atoms with Crippen LogP contribution in [-0.4, -0.2) is 21.2 Å². The molecule has 0 spiro atoms. The maximum Gasteiger partial charge on any atom is 0.210 e. The van der Waals surface area contributed by atoms with Crippen LogP contribution in [0.15, 0.2) is 52.9 Å². The number of nitrogens with one attached hydrogen (secondary N) is 1. The number of carbonyl (C=O) groups excluding carboxylic acids is 1. The highest BCUT2D eigenvalue weighted by molar-refractivity contribution is 8.02. The molecular formula is C19H18FN3OS2. The molecule has 0 bridgehead atoms. The second-order valence-electron chi connectivity index (χ2n) is 5.65. The molecule has 1 unspecified atom stereocenters. The van der Waals surface area contributed by atoms with Crippen LogP contribution in [0.1, 0.15) is 29.8 Å². The monoisotopic (exact) mass is 387 g/mol. The number of carbonyl (C=O) groups is 1. The Labute approximate surface area is 159 Å². The summed E-state index contributed by atoms with van der Waals surface area (Å²) in [4.78, 5) is 12.6. The molecule has 0 saturated carbocycles. The van der Waals surface area contributed by atoms with E-state index in [4.69, 9.17) is 0 Å². The third-order valence-electron chi connectivity index (χ3n) is 3.82. The van der Waals surface area contributed by atoms with Crippen LogP contribution in [0, 0.1) is 5.82 Å². The number of Topliss-reactive ketones (excluding diaryl/α,β-unsaturated/α-hetero) is 1. The molecule has 0 aliphatic rings. The smallest absolute Gasteiger partial charge is 0.210 e. The van der Waals surface area contributed by atoms with Crippen molar-refractivity contribution in [2.75, 3.05) is 5.32 Å². The van der Waals surface area contributed by atoms with Gasteiger partial charge in [-0.15, -0.1) is 10.2 Å². The minimum Gasteiger partial charge on any atom is -0.328 e. The van der Waals surface area contributed by atoms with Crippen LogP contribution in [0.2, 0.25) is 0 Å². The van der Waals surface area contributed by atoms with Crippen molar-refractivity contribution in [2.45, 2.75) is 29.9 Å². The van der Waals surface area contributed by atoms with Gasteiger partial charge in [0.25, 0.3) is 0 Å². The van der Waals surface area contributed by atoms with Gasteiger partial charge in [0.1, 0.15) is 5.82 Å². The highest BCUT2D eigenvalue weighted by Crippen LogP contribution is 2.32. The summed E-state index contributed by atoms with van der Waals surface area (Å²) in [7, 11) is 0. The number of hydrogen-bond acceptors (Lipinski definition) is 6. The van der Waals surface area contributed by atoms with Gasteiger partial charge in [0.2, 0.25) is 5.13 Å². The molecular weight excluding hydrogens is 369 g/mol. The maximum atomic E-state index is 13.7. The number of aromatic nitrogens is 2. The second-order valence-corrected chi connectivity index (χ2v) is 8.22. The molecule has 0 amide bonds. The highest BCUT2D eigenvalue weighted by Gasteiger charge is 2.19. The van der Waals surface area contributed by atoms with Crippen LogP contribution >= 0.6 is 23.1 Å². The average molecular weight is 388 g/mol. The third kappa shape index (κ3) is 4.47. The Morgan fingerprint density at radius 2 is 1.92 bits per heavy atom. The van der Waals surface area contributed by atoms with Crippen LogP contribution in [0.25, 0.3) is 0 Å². The Hall–Kier alpha value is -2.25. The van der Waals surface area contributed by atoms with E-state index in [0.29, 0.717) is 20.7 Å². The first-order valence-corrected chi connectivity index (χ1v) is 9.91. The SMILES string of the molecule is CCc1ccc(C(=O)C(C)Sc2nnc(Nc3ccccc3F)s2)cc1. The third-order valence-corrected chi connectivity index (χ3v) is 5.84. The van der Waals surface area contributed by atoms with E-state index in [1.54, 1.807) is 18.2 Å². The van der Waals surface area contributed by atoms with Gasteiger partial charge in [-0.2, -0.15) is 0 Å². The topological polar surface area (TPSA) is 54.9 Å². The molecule has 2 aromatic carbocycles. The standard InChI is InChI=1S/C19H18FN3OS2/c1-3-13-8-10-14(11-9-13)17(24)12(2)25-19-23-22-18(26-19)21-16-7-5-4-6-15(16)20/h4-12H,3H2,1-2H3,(H,21,22). The Bertz CT molecular complexity index is 896. The van der Waals surface area contributed by atoms with Crippen LogP contribution in [0.4, 0.5) is 15.2 Å².